The summed E-state index contributed by atoms with van der Waals surface area (Å²) in [5.41, 5.74) is 0.216. The van der Waals surface area contributed by atoms with Crippen LogP contribution in [0, 0.1) is 5.82 Å². The predicted octanol–water partition coefficient (Wildman–Crippen LogP) is 1.72. The van der Waals surface area contributed by atoms with E-state index in [-0.39, 0.29) is 30.3 Å². The Kier molecular flexibility index (Phi) is 6.11. The molecule has 27 heavy (non-hydrogen) atoms. The number of piperazine rings is 1. The number of carbonyl (C=O) groups is 2. The number of rotatable bonds is 5. The molecule has 2 aliphatic rings. The smallest absolute Gasteiger partial charge is 0.240 e. The number of halogens is 1. The average molecular weight is 377 g/mol. The lowest BCUT2D eigenvalue weighted by molar-refractivity contribution is -0.146. The van der Waals surface area contributed by atoms with Crippen LogP contribution in [0.3, 0.4) is 0 Å². The molecule has 2 aliphatic heterocycles. The number of carbonyl (C=O) groups excluding carboxylic acids is 2. The summed E-state index contributed by atoms with van der Waals surface area (Å²) < 4.78 is 18.9. The van der Waals surface area contributed by atoms with Crippen LogP contribution in [0.25, 0.3) is 0 Å². The van der Waals surface area contributed by atoms with Gasteiger partial charge in [-0.15, -0.1) is 0 Å². The minimum atomic E-state index is -0.648. The van der Waals surface area contributed by atoms with E-state index >= 15 is 0 Å². The van der Waals surface area contributed by atoms with Gasteiger partial charge in [0.25, 0.3) is 0 Å². The minimum absolute atomic E-state index is 0.00226. The van der Waals surface area contributed by atoms with E-state index in [1.807, 2.05) is 18.7 Å². The number of hydrogen-bond donors (Lipinski definition) is 1. The first-order chi connectivity index (χ1) is 12.9. The summed E-state index contributed by atoms with van der Waals surface area (Å²) in [4.78, 5) is 29.1. The van der Waals surface area contributed by atoms with Crippen LogP contribution in [0.1, 0.15) is 38.4 Å². The highest BCUT2D eigenvalue weighted by atomic mass is 19.1. The van der Waals surface area contributed by atoms with Crippen molar-refractivity contribution in [3.8, 4) is 0 Å². The van der Waals surface area contributed by atoms with Gasteiger partial charge >= 0.3 is 0 Å². The number of benzene rings is 1. The molecule has 0 aromatic heterocycles. The van der Waals surface area contributed by atoms with E-state index in [9.17, 15) is 14.0 Å². The predicted molar refractivity (Wildman–Crippen MR) is 99.6 cm³/mol. The molecule has 0 bridgehead atoms. The number of nitrogens with zero attached hydrogens (tertiary/aromatic N) is 2. The van der Waals surface area contributed by atoms with Gasteiger partial charge in [0.05, 0.1) is 25.2 Å². The first-order valence-electron chi connectivity index (χ1n) is 9.62. The van der Waals surface area contributed by atoms with Gasteiger partial charge in [-0.1, -0.05) is 25.5 Å². The molecular weight excluding hydrogens is 349 g/mol. The fourth-order valence-corrected chi connectivity index (χ4v) is 3.92. The van der Waals surface area contributed by atoms with Crippen molar-refractivity contribution in [3.63, 3.8) is 0 Å². The first-order valence-corrected chi connectivity index (χ1v) is 9.62. The minimum Gasteiger partial charge on any atom is -0.370 e. The molecule has 148 valence electrons. The molecular formula is C20H28FN3O3. The highest BCUT2D eigenvalue weighted by Crippen LogP contribution is 2.26. The molecule has 0 spiro atoms. The van der Waals surface area contributed by atoms with Crippen LogP contribution in [0.4, 0.5) is 4.39 Å². The second-order valence-electron chi connectivity index (χ2n) is 7.45. The quantitative estimate of drug-likeness (QED) is 0.849. The van der Waals surface area contributed by atoms with Crippen LogP contribution in [-0.4, -0.2) is 66.5 Å². The van der Waals surface area contributed by atoms with Crippen molar-refractivity contribution in [3.05, 3.63) is 35.6 Å². The third-order valence-electron chi connectivity index (χ3n) is 5.58. The van der Waals surface area contributed by atoms with Crippen molar-refractivity contribution in [2.24, 2.45) is 0 Å². The highest BCUT2D eigenvalue weighted by molar-refractivity contribution is 5.88. The second-order valence-corrected chi connectivity index (χ2v) is 7.45. The van der Waals surface area contributed by atoms with E-state index < -0.39 is 5.54 Å². The molecule has 6 nitrogen and oxygen atoms in total. The molecule has 2 fully saturated rings. The first kappa shape index (κ1) is 19.8. The molecule has 0 aliphatic carbocycles. The van der Waals surface area contributed by atoms with Gasteiger partial charge in [0.15, 0.2) is 0 Å². The molecule has 2 heterocycles. The van der Waals surface area contributed by atoms with Gasteiger partial charge in [0, 0.05) is 19.6 Å². The summed E-state index contributed by atoms with van der Waals surface area (Å²) in [7, 11) is 0. The molecule has 2 amide bonds. The maximum absolute atomic E-state index is 13.1. The summed E-state index contributed by atoms with van der Waals surface area (Å²) in [6.45, 7) is 6.82. The van der Waals surface area contributed by atoms with Gasteiger partial charge in [0.2, 0.25) is 11.8 Å². The van der Waals surface area contributed by atoms with Gasteiger partial charge in [0.1, 0.15) is 11.9 Å². The van der Waals surface area contributed by atoms with Crippen LogP contribution in [0.2, 0.25) is 0 Å². The van der Waals surface area contributed by atoms with Crippen molar-refractivity contribution in [1.82, 2.24) is 15.1 Å². The van der Waals surface area contributed by atoms with E-state index in [4.69, 9.17) is 4.74 Å². The summed E-state index contributed by atoms with van der Waals surface area (Å²) >= 11 is 0. The van der Waals surface area contributed by atoms with Crippen molar-refractivity contribution in [2.75, 3.05) is 39.3 Å². The zero-order valence-corrected chi connectivity index (χ0v) is 16.0. The number of hydrogen-bond acceptors (Lipinski definition) is 4. The largest absolute Gasteiger partial charge is 0.370 e. The Morgan fingerprint density at radius 2 is 2.07 bits per heavy atom. The third kappa shape index (κ3) is 4.30. The van der Waals surface area contributed by atoms with E-state index in [1.165, 1.54) is 12.1 Å². The summed E-state index contributed by atoms with van der Waals surface area (Å²) in [5.74, 6) is -0.293. The van der Waals surface area contributed by atoms with E-state index in [2.05, 4.69) is 5.32 Å². The van der Waals surface area contributed by atoms with Gasteiger partial charge in [-0.3, -0.25) is 14.5 Å². The van der Waals surface area contributed by atoms with E-state index in [0.717, 1.165) is 12.0 Å². The molecule has 1 aromatic rings. The molecule has 7 heteroatoms. The van der Waals surface area contributed by atoms with Crippen LogP contribution < -0.4 is 5.32 Å². The van der Waals surface area contributed by atoms with Gasteiger partial charge in [-0.05, 0) is 31.0 Å². The van der Waals surface area contributed by atoms with Gasteiger partial charge in [-0.2, -0.15) is 0 Å². The molecule has 3 rings (SSSR count). The van der Waals surface area contributed by atoms with Gasteiger partial charge in [-0.25, -0.2) is 4.39 Å². The fraction of sp³-hybridized carbons (Fsp3) is 0.600. The number of amides is 2. The van der Waals surface area contributed by atoms with Crippen LogP contribution in [0.5, 0.6) is 0 Å². The number of nitrogens with one attached hydrogen (secondary N) is 1. The lowest BCUT2D eigenvalue weighted by atomic mass is 9.90. The Morgan fingerprint density at radius 3 is 2.78 bits per heavy atom. The molecule has 2 saturated heterocycles. The molecule has 0 radical (unpaired) electrons. The number of ether oxygens (including phenoxy) is 1. The monoisotopic (exact) mass is 377 g/mol. The van der Waals surface area contributed by atoms with Crippen LogP contribution in [0.15, 0.2) is 24.3 Å². The Morgan fingerprint density at radius 1 is 1.33 bits per heavy atom. The Labute approximate surface area is 159 Å². The maximum Gasteiger partial charge on any atom is 0.240 e. The van der Waals surface area contributed by atoms with E-state index in [0.29, 0.717) is 39.2 Å². The normalized spacial score (nSPS) is 26.7. The maximum atomic E-state index is 13.1. The molecule has 2 unspecified atom stereocenters. The molecule has 1 N–H and O–H groups in total. The zero-order chi connectivity index (χ0) is 19.4. The molecule has 2 atom stereocenters. The topological polar surface area (TPSA) is 61.9 Å². The Hall–Kier alpha value is -1.99. The zero-order valence-electron chi connectivity index (χ0n) is 16.0. The Balaban J connectivity index is 1.66. The molecule has 0 saturated carbocycles. The summed E-state index contributed by atoms with van der Waals surface area (Å²) in [5, 5.41) is 2.92. The standard InChI is InChI=1S/C20H28FN3O3/c1-3-8-20(2)19(26)22-9-10-24(20)14-18(25)23-11-12-27-17(13-23)15-4-6-16(21)7-5-15/h4-7,17H,3,8-14H2,1-2H3,(H,22,26). The van der Waals surface area contributed by atoms with Crippen LogP contribution in [-0.2, 0) is 14.3 Å². The van der Waals surface area contributed by atoms with Crippen LogP contribution >= 0.6 is 0 Å². The lowest BCUT2D eigenvalue weighted by Crippen LogP contribution is -2.65. The van der Waals surface area contributed by atoms with Crippen molar-refractivity contribution < 1.29 is 18.7 Å². The van der Waals surface area contributed by atoms with Gasteiger partial charge < -0.3 is 15.0 Å². The van der Waals surface area contributed by atoms with E-state index in [1.54, 1.807) is 17.0 Å². The fourth-order valence-electron chi connectivity index (χ4n) is 3.92. The Bertz CT molecular complexity index is 682. The van der Waals surface area contributed by atoms with Crippen molar-refractivity contribution in [1.29, 1.82) is 0 Å². The average Bonchev–Trinajstić information content (AvgIpc) is 2.67. The summed E-state index contributed by atoms with van der Waals surface area (Å²) in [6, 6.07) is 6.20. The SMILES string of the molecule is CCCC1(C)C(=O)NCCN1CC(=O)N1CCOC(c2ccc(F)cc2)C1. The van der Waals surface area contributed by atoms with Crippen molar-refractivity contribution >= 4 is 11.8 Å². The third-order valence-corrected chi connectivity index (χ3v) is 5.58. The second kappa shape index (κ2) is 8.35. The summed E-state index contributed by atoms with van der Waals surface area (Å²) in [6.07, 6.45) is 1.33. The van der Waals surface area contributed by atoms with Crippen molar-refractivity contribution in [2.45, 2.75) is 38.3 Å². The molecule has 1 aromatic carbocycles. The highest BCUT2D eigenvalue weighted by Gasteiger charge is 2.42. The lowest BCUT2D eigenvalue weighted by Gasteiger charge is -2.44. The number of morpholine rings is 1.